The molecular weight excluding hydrogens is 656 g/mol. The van der Waals surface area contributed by atoms with Crippen molar-refractivity contribution >= 4 is 41.5 Å². The number of carbonyl (C=O) groups excluding carboxylic acids is 5. The van der Waals surface area contributed by atoms with Crippen molar-refractivity contribution in [1.29, 1.82) is 0 Å². The second kappa shape index (κ2) is 20.2. The van der Waals surface area contributed by atoms with E-state index in [1.807, 2.05) is 6.07 Å². The van der Waals surface area contributed by atoms with Gasteiger partial charge in [0.2, 0.25) is 29.5 Å². The number of carbonyl (C=O) groups is 6. The molecule has 282 valence electrons. The van der Waals surface area contributed by atoms with Crippen LogP contribution in [0.1, 0.15) is 90.5 Å². The van der Waals surface area contributed by atoms with Gasteiger partial charge in [0.25, 0.3) is 0 Å². The van der Waals surface area contributed by atoms with Gasteiger partial charge in [-0.15, -0.1) is 0 Å². The van der Waals surface area contributed by atoms with Crippen LogP contribution in [0.2, 0.25) is 0 Å². The lowest BCUT2D eigenvalue weighted by molar-refractivity contribution is -0.147. The first kappa shape index (κ1) is 40.7. The number of nitrogens with one attached hydrogen (secondary N) is 4. The van der Waals surface area contributed by atoms with E-state index in [1.165, 1.54) is 11.8 Å². The van der Waals surface area contributed by atoms with Crippen molar-refractivity contribution in [3.63, 3.8) is 0 Å². The minimum absolute atomic E-state index is 0.0694. The van der Waals surface area contributed by atoms with Gasteiger partial charge in [0.15, 0.2) is 5.96 Å². The molecule has 15 heteroatoms. The molecule has 51 heavy (non-hydrogen) atoms. The smallest absolute Gasteiger partial charge is 0.326 e. The predicted molar refractivity (Wildman–Crippen MR) is 192 cm³/mol. The molecule has 1 aliphatic heterocycles. The summed E-state index contributed by atoms with van der Waals surface area (Å²) in [4.78, 5) is 85.0. The van der Waals surface area contributed by atoms with Crippen LogP contribution in [0.4, 0.5) is 0 Å². The fourth-order valence-corrected chi connectivity index (χ4v) is 6.87. The maximum absolute atomic E-state index is 14.3. The Morgan fingerprint density at radius 1 is 0.863 bits per heavy atom. The predicted octanol–water partition coefficient (Wildman–Crippen LogP) is 0.944. The monoisotopic (exact) mass is 712 g/mol. The van der Waals surface area contributed by atoms with E-state index in [0.717, 1.165) is 24.8 Å². The van der Waals surface area contributed by atoms with Crippen molar-refractivity contribution in [3.8, 4) is 0 Å². The van der Waals surface area contributed by atoms with Gasteiger partial charge in [-0.05, 0) is 62.3 Å². The quantitative estimate of drug-likeness (QED) is 0.0690. The average Bonchev–Trinajstić information content (AvgIpc) is 3.10. The van der Waals surface area contributed by atoms with Crippen molar-refractivity contribution < 1.29 is 33.9 Å². The molecule has 1 saturated carbocycles. The third-order valence-electron chi connectivity index (χ3n) is 9.56. The molecule has 1 aliphatic carbocycles. The number of likely N-dealkylation sites (tertiary alicyclic amines) is 1. The molecule has 1 aromatic rings. The molecule has 1 aromatic carbocycles. The Balaban J connectivity index is 1.86. The second-order valence-electron chi connectivity index (χ2n) is 13.9. The van der Waals surface area contributed by atoms with Crippen molar-refractivity contribution in [1.82, 2.24) is 26.2 Å². The summed E-state index contributed by atoms with van der Waals surface area (Å²) in [6.45, 7) is 5.36. The number of carboxylic acids is 1. The Hall–Kier alpha value is -4.69. The number of aliphatic imine (C=N–C) groups is 1. The number of nitrogens with zero attached hydrogens (tertiary/aromatic N) is 2. The van der Waals surface area contributed by atoms with E-state index in [2.05, 4.69) is 26.3 Å². The first-order valence-electron chi connectivity index (χ1n) is 18.1. The lowest BCUT2D eigenvalue weighted by Crippen LogP contribution is -2.62. The number of hydrogen-bond donors (Lipinski definition) is 7. The van der Waals surface area contributed by atoms with E-state index in [1.54, 1.807) is 38.1 Å². The normalized spacial score (nSPS) is 18.7. The molecule has 0 spiro atoms. The summed E-state index contributed by atoms with van der Waals surface area (Å²) in [6.07, 6.45) is 6.33. The van der Waals surface area contributed by atoms with Crippen molar-refractivity contribution in [2.24, 2.45) is 28.3 Å². The summed E-state index contributed by atoms with van der Waals surface area (Å²) < 4.78 is 0. The Labute approximate surface area is 300 Å². The van der Waals surface area contributed by atoms with Crippen molar-refractivity contribution in [3.05, 3.63) is 35.9 Å². The van der Waals surface area contributed by atoms with Crippen LogP contribution in [0.5, 0.6) is 0 Å². The zero-order chi connectivity index (χ0) is 37.5. The highest BCUT2D eigenvalue weighted by molar-refractivity contribution is 5.96. The van der Waals surface area contributed by atoms with Gasteiger partial charge >= 0.3 is 5.97 Å². The fraction of sp³-hybridized carbons (Fsp3) is 0.639. The zero-order valence-corrected chi connectivity index (χ0v) is 30.1. The van der Waals surface area contributed by atoms with E-state index in [9.17, 15) is 33.9 Å². The maximum atomic E-state index is 14.3. The van der Waals surface area contributed by atoms with Crippen LogP contribution in [0.3, 0.4) is 0 Å². The molecule has 2 aliphatic rings. The van der Waals surface area contributed by atoms with Gasteiger partial charge in [0.1, 0.15) is 30.2 Å². The first-order valence-corrected chi connectivity index (χ1v) is 18.1. The molecule has 9 N–H and O–H groups in total. The van der Waals surface area contributed by atoms with E-state index in [4.69, 9.17) is 11.5 Å². The van der Waals surface area contributed by atoms with Gasteiger partial charge in [-0.3, -0.25) is 29.0 Å². The maximum Gasteiger partial charge on any atom is 0.326 e. The number of hydrogen-bond acceptors (Lipinski definition) is 7. The molecule has 5 atom stereocenters. The lowest BCUT2D eigenvalue weighted by atomic mass is 9.83. The minimum atomic E-state index is -1.21. The standard InChI is InChI=1S/C36H56N8O7/c1-22(2)29(40-23(3)45)32(47)43-30(25-15-8-5-9-16-25)33(48)41-26(17-12-19-39-36(37)38)34(49)44-20-11-10-18-28(44)31(46)42-27(35(50)51)21-24-13-6-4-7-14-24/h4,6-7,13-14,22,25-30H,5,8-12,15-21H2,1-3H3,(H,40,45)(H,41,48)(H,42,46)(H,43,47)(H,50,51)(H4,37,38,39)/t26-,27-,28?,29-,30?/m0/s1. The van der Waals surface area contributed by atoms with Gasteiger partial charge in [0, 0.05) is 26.4 Å². The van der Waals surface area contributed by atoms with Gasteiger partial charge in [-0.1, -0.05) is 63.4 Å². The Kier molecular flexibility index (Phi) is 16.2. The topological polar surface area (TPSA) is 238 Å². The summed E-state index contributed by atoms with van der Waals surface area (Å²) in [6, 6.07) is 3.89. The van der Waals surface area contributed by atoms with Crippen LogP contribution in [0.15, 0.2) is 35.3 Å². The molecule has 0 aromatic heterocycles. The van der Waals surface area contributed by atoms with E-state index in [-0.39, 0.29) is 49.6 Å². The van der Waals surface area contributed by atoms with Crippen LogP contribution in [-0.2, 0) is 35.2 Å². The first-order chi connectivity index (χ1) is 24.3. The second-order valence-corrected chi connectivity index (χ2v) is 13.9. The van der Waals surface area contributed by atoms with Crippen molar-refractivity contribution in [2.75, 3.05) is 13.1 Å². The summed E-state index contributed by atoms with van der Waals surface area (Å²) in [5, 5.41) is 21.0. The SMILES string of the molecule is CC(=O)N[C@H](C(=O)NC(C(=O)N[C@@H](CCCN=C(N)N)C(=O)N1CCCCC1C(=O)N[C@@H](Cc1ccccc1)C(=O)O)C1CCCCC1)C(C)C. The number of nitrogens with two attached hydrogens (primary N) is 2. The minimum Gasteiger partial charge on any atom is -0.480 e. The average molecular weight is 713 g/mol. The van der Waals surface area contributed by atoms with Gasteiger partial charge in [0.05, 0.1) is 0 Å². The largest absolute Gasteiger partial charge is 0.480 e. The number of guanidine groups is 1. The van der Waals surface area contributed by atoms with Crippen LogP contribution < -0.4 is 32.7 Å². The highest BCUT2D eigenvalue weighted by Crippen LogP contribution is 2.27. The lowest BCUT2D eigenvalue weighted by Gasteiger charge is -2.38. The van der Waals surface area contributed by atoms with Crippen LogP contribution >= 0.6 is 0 Å². The molecule has 0 bridgehead atoms. The molecule has 2 unspecified atom stereocenters. The van der Waals surface area contributed by atoms with E-state index >= 15 is 0 Å². The van der Waals surface area contributed by atoms with E-state index < -0.39 is 59.8 Å². The van der Waals surface area contributed by atoms with Gasteiger partial charge < -0.3 is 42.7 Å². The summed E-state index contributed by atoms with van der Waals surface area (Å²) >= 11 is 0. The third kappa shape index (κ3) is 12.9. The van der Waals surface area contributed by atoms with Crippen LogP contribution in [0, 0.1) is 11.8 Å². The number of carboxylic acid groups (broad SMARTS) is 1. The number of aliphatic carboxylic acids is 1. The van der Waals surface area contributed by atoms with E-state index in [0.29, 0.717) is 38.5 Å². The third-order valence-corrected chi connectivity index (χ3v) is 9.56. The summed E-state index contributed by atoms with van der Waals surface area (Å²) in [7, 11) is 0. The Morgan fingerprint density at radius 2 is 1.53 bits per heavy atom. The number of amides is 5. The van der Waals surface area contributed by atoms with Gasteiger partial charge in [-0.2, -0.15) is 0 Å². The molecule has 1 heterocycles. The van der Waals surface area contributed by atoms with Gasteiger partial charge in [-0.25, -0.2) is 4.79 Å². The molecule has 2 fully saturated rings. The zero-order valence-electron chi connectivity index (χ0n) is 30.1. The van der Waals surface area contributed by atoms with Crippen LogP contribution in [0.25, 0.3) is 0 Å². The Bertz CT molecular complexity index is 1380. The fourth-order valence-electron chi connectivity index (χ4n) is 6.87. The summed E-state index contributed by atoms with van der Waals surface area (Å²) in [5.41, 5.74) is 11.7. The highest BCUT2D eigenvalue weighted by Gasteiger charge is 2.40. The van der Waals surface area contributed by atoms with Crippen LogP contribution in [-0.4, -0.2) is 94.8 Å². The molecule has 0 radical (unpaired) electrons. The molecule has 15 nitrogen and oxygen atoms in total. The summed E-state index contributed by atoms with van der Waals surface area (Å²) in [5.74, 6) is -4.20. The molecule has 1 saturated heterocycles. The molecule has 5 amide bonds. The van der Waals surface area contributed by atoms with Crippen molar-refractivity contribution in [2.45, 2.75) is 122 Å². The number of piperidine rings is 1. The highest BCUT2D eigenvalue weighted by atomic mass is 16.4. The molecule has 3 rings (SSSR count). The number of rotatable bonds is 17. The molecular formula is C36H56N8O7. The number of benzene rings is 1. The Morgan fingerprint density at radius 3 is 2.14 bits per heavy atom.